The Morgan fingerprint density at radius 3 is 2.29 bits per heavy atom. The van der Waals surface area contributed by atoms with Gasteiger partial charge in [0.15, 0.2) is 0 Å². The number of thioether (sulfide) groups is 1. The third-order valence-corrected chi connectivity index (χ3v) is 3.66. The monoisotopic (exact) mass is 251 g/mol. The van der Waals surface area contributed by atoms with Gasteiger partial charge in [-0.2, -0.15) is 0 Å². The quantitative estimate of drug-likeness (QED) is 0.790. The SMILES string of the molecule is CC(C)C[C@H](N)c1ccccc1SC(C)(C)C. The molecule has 1 rings (SSSR count). The Morgan fingerprint density at radius 2 is 1.76 bits per heavy atom. The molecule has 0 unspecified atom stereocenters. The zero-order chi connectivity index (χ0) is 13.1. The van der Waals surface area contributed by atoms with Gasteiger partial charge < -0.3 is 5.73 Å². The van der Waals surface area contributed by atoms with Crippen LogP contribution >= 0.6 is 11.8 Å². The highest BCUT2D eigenvalue weighted by Crippen LogP contribution is 2.36. The number of benzene rings is 1. The maximum absolute atomic E-state index is 6.30. The summed E-state index contributed by atoms with van der Waals surface area (Å²) in [7, 11) is 0. The van der Waals surface area contributed by atoms with Gasteiger partial charge in [0.05, 0.1) is 0 Å². The predicted molar refractivity (Wildman–Crippen MR) is 78.4 cm³/mol. The zero-order valence-electron chi connectivity index (χ0n) is 11.7. The smallest absolute Gasteiger partial charge is 0.0308 e. The van der Waals surface area contributed by atoms with Gasteiger partial charge in [0.1, 0.15) is 0 Å². The summed E-state index contributed by atoms with van der Waals surface area (Å²) in [5.74, 6) is 0.637. The Bertz CT molecular complexity index is 352. The van der Waals surface area contributed by atoms with Crippen molar-refractivity contribution in [1.29, 1.82) is 0 Å². The molecule has 0 aliphatic carbocycles. The van der Waals surface area contributed by atoms with Crippen molar-refractivity contribution in [3.63, 3.8) is 0 Å². The van der Waals surface area contributed by atoms with Gasteiger partial charge in [0.25, 0.3) is 0 Å². The second kappa shape index (κ2) is 5.92. The first-order valence-electron chi connectivity index (χ1n) is 6.33. The van der Waals surface area contributed by atoms with Crippen molar-refractivity contribution in [2.24, 2.45) is 11.7 Å². The number of hydrogen-bond donors (Lipinski definition) is 1. The fourth-order valence-electron chi connectivity index (χ4n) is 1.84. The summed E-state index contributed by atoms with van der Waals surface area (Å²) < 4.78 is 0.230. The molecular weight excluding hydrogens is 226 g/mol. The van der Waals surface area contributed by atoms with Gasteiger partial charge in [-0.25, -0.2) is 0 Å². The lowest BCUT2D eigenvalue weighted by Gasteiger charge is -2.23. The van der Waals surface area contributed by atoms with E-state index >= 15 is 0 Å². The fraction of sp³-hybridized carbons (Fsp3) is 0.600. The third-order valence-electron chi connectivity index (χ3n) is 2.46. The Labute approximate surface area is 110 Å². The number of nitrogens with two attached hydrogens (primary N) is 1. The van der Waals surface area contributed by atoms with Crippen LogP contribution in [0.1, 0.15) is 52.6 Å². The summed E-state index contributed by atoms with van der Waals surface area (Å²) in [6.45, 7) is 11.2. The van der Waals surface area contributed by atoms with E-state index in [9.17, 15) is 0 Å². The molecule has 17 heavy (non-hydrogen) atoms. The normalized spacial score (nSPS) is 14.1. The second-order valence-electron chi connectivity index (χ2n) is 5.99. The van der Waals surface area contributed by atoms with Crippen molar-refractivity contribution in [2.45, 2.75) is 56.7 Å². The Balaban J connectivity index is 2.91. The molecule has 0 aliphatic heterocycles. The van der Waals surface area contributed by atoms with E-state index in [0.717, 1.165) is 6.42 Å². The van der Waals surface area contributed by atoms with Crippen LogP contribution in [0, 0.1) is 5.92 Å². The van der Waals surface area contributed by atoms with Crippen LogP contribution in [0.2, 0.25) is 0 Å². The van der Waals surface area contributed by atoms with Gasteiger partial charge in [-0.05, 0) is 24.0 Å². The third kappa shape index (κ3) is 5.13. The predicted octanol–water partition coefficient (Wildman–Crippen LogP) is 4.62. The standard InChI is InChI=1S/C15H25NS/c1-11(2)10-13(16)12-8-6-7-9-14(12)17-15(3,4)5/h6-9,11,13H,10,16H2,1-5H3/t13-/m0/s1. The first-order chi connectivity index (χ1) is 7.79. The minimum Gasteiger partial charge on any atom is -0.324 e. The number of hydrogen-bond acceptors (Lipinski definition) is 2. The van der Waals surface area contributed by atoms with Crippen LogP contribution in [0.5, 0.6) is 0 Å². The molecule has 0 saturated carbocycles. The minimum atomic E-state index is 0.154. The Hall–Kier alpha value is -0.470. The van der Waals surface area contributed by atoms with Gasteiger partial charge in [0, 0.05) is 15.7 Å². The summed E-state index contributed by atoms with van der Waals surface area (Å²) in [5.41, 5.74) is 7.59. The van der Waals surface area contributed by atoms with E-state index in [-0.39, 0.29) is 10.8 Å². The van der Waals surface area contributed by atoms with Gasteiger partial charge in [-0.3, -0.25) is 0 Å². The highest BCUT2D eigenvalue weighted by molar-refractivity contribution is 8.00. The molecule has 2 heteroatoms. The Morgan fingerprint density at radius 1 is 1.18 bits per heavy atom. The molecule has 0 bridgehead atoms. The van der Waals surface area contributed by atoms with Crippen LogP contribution in [-0.4, -0.2) is 4.75 Å². The Kier molecular flexibility index (Phi) is 5.08. The maximum Gasteiger partial charge on any atom is 0.0308 e. The van der Waals surface area contributed by atoms with E-state index in [1.807, 2.05) is 11.8 Å². The molecule has 0 aromatic heterocycles. The molecule has 0 amide bonds. The molecule has 0 heterocycles. The lowest BCUT2D eigenvalue weighted by atomic mass is 9.98. The summed E-state index contributed by atoms with van der Waals surface area (Å²) in [5, 5.41) is 0. The molecule has 1 atom stereocenters. The van der Waals surface area contributed by atoms with E-state index in [2.05, 4.69) is 58.9 Å². The average molecular weight is 251 g/mol. The molecule has 1 aromatic carbocycles. The van der Waals surface area contributed by atoms with Gasteiger partial charge in [-0.1, -0.05) is 52.8 Å². The molecule has 1 nitrogen and oxygen atoms in total. The minimum absolute atomic E-state index is 0.154. The largest absolute Gasteiger partial charge is 0.324 e. The molecule has 1 aromatic rings. The van der Waals surface area contributed by atoms with Crippen molar-refractivity contribution in [1.82, 2.24) is 0 Å². The van der Waals surface area contributed by atoms with E-state index in [1.54, 1.807) is 0 Å². The van der Waals surface area contributed by atoms with Crippen LogP contribution in [0.15, 0.2) is 29.2 Å². The summed E-state index contributed by atoms with van der Waals surface area (Å²) in [6, 6.07) is 8.69. The summed E-state index contributed by atoms with van der Waals surface area (Å²) in [4.78, 5) is 1.33. The second-order valence-corrected chi connectivity index (χ2v) is 7.86. The summed E-state index contributed by atoms with van der Waals surface area (Å²) >= 11 is 1.90. The van der Waals surface area contributed by atoms with Gasteiger partial charge in [-0.15, -0.1) is 11.8 Å². The van der Waals surface area contributed by atoms with Crippen molar-refractivity contribution in [3.8, 4) is 0 Å². The van der Waals surface area contributed by atoms with Crippen LogP contribution in [-0.2, 0) is 0 Å². The van der Waals surface area contributed by atoms with E-state index in [0.29, 0.717) is 5.92 Å². The first kappa shape index (κ1) is 14.6. The van der Waals surface area contributed by atoms with Crippen molar-refractivity contribution in [3.05, 3.63) is 29.8 Å². The van der Waals surface area contributed by atoms with Crippen LogP contribution in [0.3, 0.4) is 0 Å². The van der Waals surface area contributed by atoms with E-state index in [4.69, 9.17) is 5.73 Å². The highest BCUT2D eigenvalue weighted by Gasteiger charge is 2.17. The fourth-order valence-corrected chi connectivity index (χ4v) is 2.99. The molecule has 2 N–H and O–H groups in total. The summed E-state index contributed by atoms with van der Waals surface area (Å²) in [6.07, 6.45) is 1.04. The van der Waals surface area contributed by atoms with Crippen LogP contribution in [0.4, 0.5) is 0 Å². The molecule has 0 fully saturated rings. The molecule has 0 aliphatic rings. The highest BCUT2D eigenvalue weighted by atomic mass is 32.2. The van der Waals surface area contributed by atoms with Crippen LogP contribution in [0.25, 0.3) is 0 Å². The maximum atomic E-state index is 6.30. The zero-order valence-corrected chi connectivity index (χ0v) is 12.5. The van der Waals surface area contributed by atoms with Gasteiger partial charge >= 0.3 is 0 Å². The topological polar surface area (TPSA) is 26.0 Å². The van der Waals surface area contributed by atoms with Crippen molar-refractivity contribution >= 4 is 11.8 Å². The van der Waals surface area contributed by atoms with Crippen molar-refractivity contribution in [2.75, 3.05) is 0 Å². The lowest BCUT2D eigenvalue weighted by molar-refractivity contribution is 0.505. The van der Waals surface area contributed by atoms with E-state index < -0.39 is 0 Å². The van der Waals surface area contributed by atoms with Crippen molar-refractivity contribution < 1.29 is 0 Å². The van der Waals surface area contributed by atoms with Gasteiger partial charge in [0.2, 0.25) is 0 Å². The molecule has 0 saturated heterocycles. The van der Waals surface area contributed by atoms with E-state index in [1.165, 1.54) is 10.5 Å². The molecule has 96 valence electrons. The molecule has 0 spiro atoms. The first-order valence-corrected chi connectivity index (χ1v) is 7.15. The average Bonchev–Trinajstić information content (AvgIpc) is 2.14. The molecule has 0 radical (unpaired) electrons. The number of rotatable bonds is 4. The lowest BCUT2D eigenvalue weighted by Crippen LogP contribution is -2.15. The molecular formula is C15H25NS. The van der Waals surface area contributed by atoms with Crippen LogP contribution < -0.4 is 5.73 Å².